The van der Waals surface area contributed by atoms with Crippen LogP contribution in [0.15, 0.2) is 53.4 Å². The Bertz CT molecular complexity index is 910. The van der Waals surface area contributed by atoms with E-state index in [0.717, 1.165) is 6.07 Å². The van der Waals surface area contributed by atoms with Crippen molar-refractivity contribution in [2.45, 2.75) is 24.3 Å². The van der Waals surface area contributed by atoms with Gasteiger partial charge in [-0.1, -0.05) is 24.3 Å². The molecule has 0 saturated carbocycles. The van der Waals surface area contributed by atoms with Crippen molar-refractivity contribution in [1.29, 1.82) is 0 Å². The molecular formula is C17H15FN2O4S. The number of amides is 2. The number of imide groups is 1. The van der Waals surface area contributed by atoms with Gasteiger partial charge in [0.05, 0.1) is 6.54 Å². The molecule has 25 heavy (non-hydrogen) atoms. The van der Waals surface area contributed by atoms with Crippen LogP contribution in [0.5, 0.6) is 0 Å². The Morgan fingerprint density at radius 2 is 1.56 bits per heavy atom. The summed E-state index contributed by atoms with van der Waals surface area (Å²) in [7, 11) is -4.04. The van der Waals surface area contributed by atoms with Gasteiger partial charge in [-0.3, -0.25) is 19.2 Å². The number of sulfonamides is 1. The lowest BCUT2D eigenvalue weighted by Crippen LogP contribution is -2.28. The minimum absolute atomic E-state index is 0.151. The summed E-state index contributed by atoms with van der Waals surface area (Å²) in [4.78, 5) is 24.0. The number of anilines is 1. The topological polar surface area (TPSA) is 83.6 Å². The summed E-state index contributed by atoms with van der Waals surface area (Å²) in [5, 5.41) is 0. The fraction of sp³-hybridized carbons (Fsp3) is 0.176. The van der Waals surface area contributed by atoms with Crippen molar-refractivity contribution in [1.82, 2.24) is 4.90 Å². The highest BCUT2D eigenvalue weighted by Gasteiger charge is 2.28. The molecule has 0 atom stereocenters. The van der Waals surface area contributed by atoms with Gasteiger partial charge in [0.2, 0.25) is 11.8 Å². The van der Waals surface area contributed by atoms with Crippen LogP contribution in [-0.4, -0.2) is 25.1 Å². The Morgan fingerprint density at radius 1 is 0.960 bits per heavy atom. The summed E-state index contributed by atoms with van der Waals surface area (Å²) in [5.41, 5.74) is 0.948. The fourth-order valence-corrected chi connectivity index (χ4v) is 3.67. The predicted molar refractivity (Wildman–Crippen MR) is 88.4 cm³/mol. The van der Waals surface area contributed by atoms with E-state index in [-0.39, 0.29) is 36.9 Å². The van der Waals surface area contributed by atoms with E-state index in [4.69, 9.17) is 0 Å². The highest BCUT2D eigenvalue weighted by molar-refractivity contribution is 7.92. The monoisotopic (exact) mass is 362 g/mol. The molecule has 0 spiro atoms. The van der Waals surface area contributed by atoms with Crippen molar-refractivity contribution in [2.24, 2.45) is 0 Å². The zero-order chi connectivity index (χ0) is 18.0. The molecule has 1 saturated heterocycles. The molecule has 130 valence electrons. The largest absolute Gasteiger partial charge is 0.280 e. The summed E-state index contributed by atoms with van der Waals surface area (Å²) in [6, 6.07) is 11.3. The third-order valence-corrected chi connectivity index (χ3v) is 5.24. The maximum absolute atomic E-state index is 13.7. The predicted octanol–water partition coefficient (Wildman–Crippen LogP) is 2.28. The first-order valence-corrected chi connectivity index (χ1v) is 9.04. The summed E-state index contributed by atoms with van der Waals surface area (Å²) in [6.07, 6.45) is 0.443. The van der Waals surface area contributed by atoms with Gasteiger partial charge in [-0.05, 0) is 29.8 Å². The Morgan fingerprint density at radius 3 is 2.16 bits per heavy atom. The second-order valence-corrected chi connectivity index (χ2v) is 7.26. The first-order chi connectivity index (χ1) is 11.9. The molecule has 8 heteroatoms. The van der Waals surface area contributed by atoms with Crippen LogP contribution in [0, 0.1) is 5.82 Å². The van der Waals surface area contributed by atoms with Crippen molar-refractivity contribution in [3.05, 3.63) is 59.9 Å². The Balaban J connectivity index is 1.74. The van der Waals surface area contributed by atoms with Crippen LogP contribution in [0.25, 0.3) is 0 Å². The molecule has 0 bridgehead atoms. The SMILES string of the molecule is O=C1CCC(=O)N1Cc1ccc(NS(=O)(=O)c2ccccc2F)cc1. The minimum atomic E-state index is -4.04. The number of likely N-dealkylation sites (tertiary alicyclic amines) is 1. The molecule has 1 aliphatic heterocycles. The average Bonchev–Trinajstić information content (AvgIpc) is 2.88. The van der Waals surface area contributed by atoms with Crippen molar-refractivity contribution in [3.8, 4) is 0 Å². The average molecular weight is 362 g/mol. The molecule has 0 aromatic heterocycles. The van der Waals surface area contributed by atoms with Gasteiger partial charge in [0.25, 0.3) is 10.0 Å². The Hall–Kier alpha value is -2.74. The van der Waals surface area contributed by atoms with Gasteiger partial charge in [-0.15, -0.1) is 0 Å². The zero-order valence-electron chi connectivity index (χ0n) is 13.1. The molecule has 0 aliphatic carbocycles. The van der Waals surface area contributed by atoms with Crippen molar-refractivity contribution < 1.29 is 22.4 Å². The van der Waals surface area contributed by atoms with Crippen molar-refractivity contribution in [2.75, 3.05) is 4.72 Å². The number of nitrogens with one attached hydrogen (secondary N) is 1. The second kappa shape index (κ2) is 6.64. The Labute approximate surface area is 144 Å². The number of carbonyl (C=O) groups excluding carboxylic acids is 2. The number of hydrogen-bond donors (Lipinski definition) is 1. The van der Waals surface area contributed by atoms with E-state index in [1.54, 1.807) is 12.1 Å². The smallest absolute Gasteiger partial charge is 0.264 e. The van der Waals surface area contributed by atoms with Crippen molar-refractivity contribution in [3.63, 3.8) is 0 Å². The normalized spacial score (nSPS) is 14.8. The quantitative estimate of drug-likeness (QED) is 0.827. The fourth-order valence-electron chi connectivity index (χ4n) is 2.53. The second-order valence-electron chi connectivity index (χ2n) is 5.61. The van der Waals surface area contributed by atoms with Gasteiger partial charge in [-0.25, -0.2) is 12.8 Å². The summed E-state index contributed by atoms with van der Waals surface area (Å²) in [5.74, 6) is -1.26. The highest BCUT2D eigenvalue weighted by atomic mass is 32.2. The number of hydrogen-bond acceptors (Lipinski definition) is 4. The minimum Gasteiger partial charge on any atom is -0.280 e. The molecule has 2 aromatic rings. The van der Waals surface area contributed by atoms with E-state index >= 15 is 0 Å². The number of halogens is 1. The maximum Gasteiger partial charge on any atom is 0.264 e. The van der Waals surface area contributed by atoms with Gasteiger partial charge in [0.1, 0.15) is 10.7 Å². The molecule has 3 rings (SSSR count). The Kier molecular flexibility index (Phi) is 4.54. The first-order valence-electron chi connectivity index (χ1n) is 7.56. The molecule has 2 amide bonds. The van der Waals surface area contributed by atoms with Gasteiger partial charge in [-0.2, -0.15) is 0 Å². The van der Waals surface area contributed by atoms with E-state index in [9.17, 15) is 22.4 Å². The molecule has 2 aromatic carbocycles. The molecule has 0 unspecified atom stereocenters. The standard InChI is InChI=1S/C17H15FN2O4S/c18-14-3-1-2-4-15(14)25(23,24)19-13-7-5-12(6-8-13)11-20-16(21)9-10-17(20)22/h1-8,19H,9-11H2. The van der Waals surface area contributed by atoms with Crippen LogP contribution in [0.4, 0.5) is 10.1 Å². The zero-order valence-corrected chi connectivity index (χ0v) is 13.9. The van der Waals surface area contributed by atoms with Crippen molar-refractivity contribution >= 4 is 27.5 Å². The van der Waals surface area contributed by atoms with E-state index < -0.39 is 20.7 Å². The summed E-state index contributed by atoms with van der Waals surface area (Å²) in [6.45, 7) is 0.151. The van der Waals surface area contributed by atoms with Gasteiger partial charge in [0, 0.05) is 18.5 Å². The molecule has 1 heterocycles. The van der Waals surface area contributed by atoms with Crippen LogP contribution in [0.1, 0.15) is 18.4 Å². The first kappa shape index (κ1) is 17.1. The molecule has 1 N–H and O–H groups in total. The van der Waals surface area contributed by atoms with E-state index in [1.165, 1.54) is 35.2 Å². The van der Waals surface area contributed by atoms with Gasteiger partial charge in [0.15, 0.2) is 0 Å². The van der Waals surface area contributed by atoms with Gasteiger partial charge < -0.3 is 0 Å². The van der Waals surface area contributed by atoms with E-state index in [0.29, 0.717) is 5.56 Å². The third-order valence-electron chi connectivity index (χ3n) is 3.83. The number of rotatable bonds is 5. The highest BCUT2D eigenvalue weighted by Crippen LogP contribution is 2.20. The lowest BCUT2D eigenvalue weighted by molar-refractivity contribution is -0.139. The molecular weight excluding hydrogens is 347 g/mol. The maximum atomic E-state index is 13.7. The van der Waals surface area contributed by atoms with Crippen LogP contribution < -0.4 is 4.72 Å². The third kappa shape index (κ3) is 3.69. The molecule has 0 radical (unpaired) electrons. The lowest BCUT2D eigenvalue weighted by Gasteiger charge is -2.14. The lowest BCUT2D eigenvalue weighted by atomic mass is 10.2. The van der Waals surface area contributed by atoms with Crippen LogP contribution in [0.3, 0.4) is 0 Å². The molecule has 1 aliphatic rings. The number of nitrogens with zero attached hydrogens (tertiary/aromatic N) is 1. The van der Waals surface area contributed by atoms with E-state index in [2.05, 4.69) is 4.72 Å². The molecule has 1 fully saturated rings. The van der Waals surface area contributed by atoms with Crippen LogP contribution in [0.2, 0.25) is 0 Å². The summed E-state index contributed by atoms with van der Waals surface area (Å²) < 4.78 is 40.4. The summed E-state index contributed by atoms with van der Waals surface area (Å²) >= 11 is 0. The molecule has 6 nitrogen and oxygen atoms in total. The number of benzene rings is 2. The van der Waals surface area contributed by atoms with E-state index in [1.807, 2.05) is 0 Å². The van der Waals surface area contributed by atoms with Gasteiger partial charge >= 0.3 is 0 Å². The number of carbonyl (C=O) groups is 2. The van der Waals surface area contributed by atoms with Crippen LogP contribution >= 0.6 is 0 Å². The van der Waals surface area contributed by atoms with Crippen LogP contribution in [-0.2, 0) is 26.2 Å².